The van der Waals surface area contributed by atoms with E-state index in [0.717, 1.165) is 29.1 Å². The van der Waals surface area contributed by atoms with Gasteiger partial charge in [-0.3, -0.25) is 0 Å². The molecule has 0 saturated carbocycles. The highest BCUT2D eigenvalue weighted by Gasteiger charge is 2.13. The van der Waals surface area contributed by atoms with Crippen molar-refractivity contribution in [3.8, 4) is 16.9 Å². The zero-order valence-corrected chi connectivity index (χ0v) is 13.9. The lowest BCUT2D eigenvalue weighted by Crippen LogP contribution is -2.12. The third-order valence-electron chi connectivity index (χ3n) is 3.89. The first kappa shape index (κ1) is 16.4. The van der Waals surface area contributed by atoms with E-state index in [-0.39, 0.29) is 10.7 Å². The van der Waals surface area contributed by atoms with Crippen molar-refractivity contribution in [2.24, 2.45) is 5.14 Å². The summed E-state index contributed by atoms with van der Waals surface area (Å²) in [5.74, 6) is -0.287. The molecule has 0 bridgehead atoms. The van der Waals surface area contributed by atoms with Crippen LogP contribution in [0.4, 0.5) is 4.39 Å². The van der Waals surface area contributed by atoms with E-state index in [1.807, 2.05) is 23.6 Å². The summed E-state index contributed by atoms with van der Waals surface area (Å²) >= 11 is 0. The zero-order chi connectivity index (χ0) is 17.3. The van der Waals surface area contributed by atoms with Gasteiger partial charge in [-0.25, -0.2) is 17.9 Å². The predicted octanol–water partition coefficient (Wildman–Crippen LogP) is 3.49. The van der Waals surface area contributed by atoms with Crippen LogP contribution in [0.3, 0.4) is 0 Å². The molecule has 124 valence electrons. The first-order valence-corrected chi connectivity index (χ1v) is 9.04. The Morgan fingerprint density at radius 2 is 1.58 bits per heavy atom. The Morgan fingerprint density at radius 3 is 2.12 bits per heavy atom. The first-order valence-electron chi connectivity index (χ1n) is 7.50. The van der Waals surface area contributed by atoms with Crippen molar-refractivity contribution >= 4 is 10.0 Å². The van der Waals surface area contributed by atoms with Crippen LogP contribution in [0, 0.1) is 5.82 Å². The fraction of sp³-hybridized carbons (Fsp3) is 0.111. The minimum absolute atomic E-state index is 0.0692. The smallest absolute Gasteiger partial charge is 0.238 e. The van der Waals surface area contributed by atoms with Crippen molar-refractivity contribution in [2.75, 3.05) is 0 Å². The molecule has 2 N–H and O–H groups in total. The van der Waals surface area contributed by atoms with Crippen molar-refractivity contribution in [1.29, 1.82) is 0 Å². The maximum Gasteiger partial charge on any atom is 0.238 e. The second-order valence-electron chi connectivity index (χ2n) is 5.44. The van der Waals surface area contributed by atoms with Crippen LogP contribution in [0.15, 0.2) is 65.6 Å². The van der Waals surface area contributed by atoms with Crippen molar-refractivity contribution < 1.29 is 12.8 Å². The second kappa shape index (κ2) is 6.22. The molecule has 0 amide bonds. The average Bonchev–Trinajstić information content (AvgIpc) is 2.99. The molecule has 0 spiro atoms. The molecule has 0 radical (unpaired) electrons. The maximum atomic E-state index is 13.2. The summed E-state index contributed by atoms with van der Waals surface area (Å²) in [4.78, 5) is 0.0692. The van der Waals surface area contributed by atoms with Gasteiger partial charge in [-0.2, -0.15) is 0 Å². The Bertz CT molecular complexity index is 959. The van der Waals surface area contributed by atoms with E-state index < -0.39 is 10.0 Å². The topological polar surface area (TPSA) is 65.1 Å². The molecular formula is C18H17FN2O2S. The molecular weight excluding hydrogens is 327 g/mol. The quantitative estimate of drug-likeness (QED) is 0.787. The van der Waals surface area contributed by atoms with Gasteiger partial charge in [-0.15, -0.1) is 0 Å². The van der Waals surface area contributed by atoms with Gasteiger partial charge >= 0.3 is 0 Å². The number of halogens is 1. The molecule has 0 atom stereocenters. The highest BCUT2D eigenvalue weighted by atomic mass is 32.2. The van der Waals surface area contributed by atoms with Crippen LogP contribution in [0.25, 0.3) is 16.9 Å². The monoisotopic (exact) mass is 344 g/mol. The van der Waals surface area contributed by atoms with Crippen LogP contribution in [0.2, 0.25) is 0 Å². The van der Waals surface area contributed by atoms with Crippen LogP contribution in [-0.2, 0) is 16.4 Å². The summed E-state index contributed by atoms with van der Waals surface area (Å²) in [6.45, 7) is 2.04. The van der Waals surface area contributed by atoms with Gasteiger partial charge in [0, 0.05) is 11.4 Å². The number of nitrogens with two attached hydrogens (primary N) is 1. The first-order chi connectivity index (χ1) is 11.4. The lowest BCUT2D eigenvalue weighted by molar-refractivity contribution is 0.598. The second-order valence-corrected chi connectivity index (χ2v) is 7.01. The molecule has 0 saturated heterocycles. The largest absolute Gasteiger partial charge is 0.314 e. The van der Waals surface area contributed by atoms with Crippen LogP contribution in [0.1, 0.15) is 12.6 Å². The summed E-state index contributed by atoms with van der Waals surface area (Å²) in [5.41, 5.74) is 3.68. The van der Waals surface area contributed by atoms with Gasteiger partial charge in [-0.1, -0.05) is 6.92 Å². The lowest BCUT2D eigenvalue weighted by atomic mass is 10.1. The van der Waals surface area contributed by atoms with E-state index in [9.17, 15) is 12.8 Å². The Kier molecular flexibility index (Phi) is 4.26. The molecule has 4 nitrogen and oxygen atoms in total. The molecule has 0 aliphatic carbocycles. The third kappa shape index (κ3) is 3.11. The number of hydrogen-bond acceptors (Lipinski definition) is 2. The fourth-order valence-corrected chi connectivity index (χ4v) is 3.21. The van der Waals surface area contributed by atoms with Gasteiger partial charge < -0.3 is 4.57 Å². The van der Waals surface area contributed by atoms with Crippen LogP contribution < -0.4 is 5.14 Å². The molecule has 3 rings (SSSR count). The Balaban J connectivity index is 2.13. The number of aryl methyl sites for hydroxylation is 1. The number of primary sulfonamides is 1. The number of sulfonamides is 1. The van der Waals surface area contributed by atoms with Gasteiger partial charge in [0.15, 0.2) is 0 Å². The third-order valence-corrected chi connectivity index (χ3v) is 4.82. The number of nitrogens with zero attached hydrogens (tertiary/aromatic N) is 1. The van der Waals surface area contributed by atoms with E-state index in [1.54, 1.807) is 24.3 Å². The van der Waals surface area contributed by atoms with Crippen LogP contribution >= 0.6 is 0 Å². The normalized spacial score (nSPS) is 11.6. The SMILES string of the molecule is CCc1ccc(-c2ccc(F)cc2)n1-c1ccc(S(N)(=O)=O)cc1. The molecule has 0 unspecified atom stereocenters. The molecule has 1 heterocycles. The molecule has 0 fully saturated rings. The van der Waals surface area contributed by atoms with Gasteiger partial charge in [0.05, 0.1) is 10.6 Å². The number of hydrogen-bond donors (Lipinski definition) is 1. The van der Waals surface area contributed by atoms with Crippen molar-refractivity contribution in [2.45, 2.75) is 18.2 Å². The van der Waals surface area contributed by atoms with Crippen molar-refractivity contribution in [3.63, 3.8) is 0 Å². The molecule has 24 heavy (non-hydrogen) atoms. The number of rotatable bonds is 4. The minimum atomic E-state index is -3.72. The Morgan fingerprint density at radius 1 is 0.958 bits per heavy atom. The van der Waals surface area contributed by atoms with Gasteiger partial charge in [0.1, 0.15) is 5.82 Å². The standard InChI is InChI=1S/C18H17FN2O2S/c1-2-15-9-12-18(13-3-5-14(19)6-4-13)21(15)16-7-10-17(11-8-16)24(20,22)23/h3-12H,2H2,1H3,(H2,20,22,23). The average molecular weight is 344 g/mol. The van der Waals surface area contributed by atoms with E-state index >= 15 is 0 Å². The van der Waals surface area contributed by atoms with Crippen LogP contribution in [-0.4, -0.2) is 13.0 Å². The molecule has 1 aromatic heterocycles. The van der Waals surface area contributed by atoms with E-state index in [4.69, 9.17) is 5.14 Å². The van der Waals surface area contributed by atoms with Gasteiger partial charge in [0.25, 0.3) is 0 Å². The number of aromatic nitrogens is 1. The van der Waals surface area contributed by atoms with Crippen molar-refractivity contribution in [1.82, 2.24) is 4.57 Å². The summed E-state index contributed by atoms with van der Waals surface area (Å²) in [6, 6.07) is 16.7. The van der Waals surface area contributed by atoms with Gasteiger partial charge in [-0.05, 0) is 72.6 Å². The van der Waals surface area contributed by atoms with E-state index in [0.29, 0.717) is 0 Å². The predicted molar refractivity (Wildman–Crippen MR) is 91.9 cm³/mol. The fourth-order valence-electron chi connectivity index (χ4n) is 2.69. The van der Waals surface area contributed by atoms with E-state index in [1.165, 1.54) is 24.3 Å². The summed E-state index contributed by atoms with van der Waals surface area (Å²) in [7, 11) is -3.72. The minimum Gasteiger partial charge on any atom is -0.314 e. The highest BCUT2D eigenvalue weighted by Crippen LogP contribution is 2.27. The molecule has 6 heteroatoms. The molecule has 0 aliphatic heterocycles. The summed E-state index contributed by atoms with van der Waals surface area (Å²) < 4.78 is 38.0. The van der Waals surface area contributed by atoms with Crippen LogP contribution in [0.5, 0.6) is 0 Å². The highest BCUT2D eigenvalue weighted by molar-refractivity contribution is 7.89. The Labute approximate surface area is 140 Å². The van der Waals surface area contributed by atoms with Crippen molar-refractivity contribution in [3.05, 3.63) is 72.2 Å². The molecule has 2 aromatic carbocycles. The summed E-state index contributed by atoms with van der Waals surface area (Å²) in [6.07, 6.45) is 0.804. The summed E-state index contributed by atoms with van der Waals surface area (Å²) in [5, 5.41) is 5.15. The van der Waals surface area contributed by atoms with E-state index in [2.05, 4.69) is 0 Å². The molecule has 0 aliphatic rings. The van der Waals surface area contributed by atoms with Gasteiger partial charge in [0.2, 0.25) is 10.0 Å². The number of benzene rings is 2. The Hall–Kier alpha value is -2.44. The maximum absolute atomic E-state index is 13.2. The molecule has 3 aromatic rings. The zero-order valence-electron chi connectivity index (χ0n) is 13.1. The lowest BCUT2D eigenvalue weighted by Gasteiger charge is -2.14.